The second-order valence-corrected chi connectivity index (χ2v) is 8.91. The number of nitrogens with one attached hydrogen (secondary N) is 1. The first kappa shape index (κ1) is 22.5. The monoisotopic (exact) mass is 439 g/mol. The Kier molecular flexibility index (Phi) is 7.44. The highest BCUT2D eigenvalue weighted by Gasteiger charge is 2.25. The molecule has 0 unspecified atom stereocenters. The Hall–Kier alpha value is -3.16. The van der Waals surface area contributed by atoms with Crippen molar-refractivity contribution in [1.82, 2.24) is 4.72 Å². The van der Waals surface area contributed by atoms with E-state index in [1.165, 1.54) is 12.1 Å². The third kappa shape index (κ3) is 6.41. The van der Waals surface area contributed by atoms with E-state index >= 15 is 0 Å². The van der Waals surface area contributed by atoms with Crippen LogP contribution in [0, 0.1) is 0 Å². The Labute approximate surface area is 182 Å². The number of carboxylic acid groups (broad SMARTS) is 1. The van der Waals surface area contributed by atoms with Crippen molar-refractivity contribution in [2.24, 2.45) is 0 Å². The van der Waals surface area contributed by atoms with Gasteiger partial charge in [0.1, 0.15) is 11.8 Å². The van der Waals surface area contributed by atoms with Crippen LogP contribution >= 0.6 is 0 Å². The fourth-order valence-corrected chi connectivity index (χ4v) is 4.39. The molecule has 0 aliphatic rings. The first-order chi connectivity index (χ1) is 14.9. The zero-order valence-corrected chi connectivity index (χ0v) is 18.0. The largest absolute Gasteiger partial charge is 0.497 e. The number of ether oxygens (including phenoxy) is 1. The number of aryl methyl sites for hydroxylation is 2. The molecule has 3 rings (SSSR count). The Balaban J connectivity index is 1.64. The molecule has 0 bridgehead atoms. The van der Waals surface area contributed by atoms with Crippen LogP contribution in [0.25, 0.3) is 0 Å². The second kappa shape index (κ2) is 10.2. The van der Waals surface area contributed by atoms with Crippen LogP contribution in [0.1, 0.15) is 16.7 Å². The quantitative estimate of drug-likeness (QED) is 0.505. The van der Waals surface area contributed by atoms with Gasteiger partial charge in [0, 0.05) is 0 Å². The molecule has 0 aliphatic heterocycles. The standard InChI is InChI=1S/C24H25NO5S/c1-30-21-13-9-18(10-14-21)7-8-19-11-15-22(16-12-19)31(28,29)25-23(24(26)27)17-20-5-3-2-4-6-20/h2-6,9-16,23,25H,7-8,17H2,1H3,(H,26,27)/t23-/m0/s1. The lowest BCUT2D eigenvalue weighted by molar-refractivity contribution is -0.138. The first-order valence-electron chi connectivity index (χ1n) is 9.88. The zero-order chi connectivity index (χ0) is 22.3. The highest BCUT2D eigenvalue weighted by Crippen LogP contribution is 2.16. The highest BCUT2D eigenvalue weighted by molar-refractivity contribution is 7.89. The smallest absolute Gasteiger partial charge is 0.322 e. The summed E-state index contributed by atoms with van der Waals surface area (Å²) in [6.45, 7) is 0. The minimum absolute atomic E-state index is 0.0417. The van der Waals surface area contributed by atoms with Crippen molar-refractivity contribution in [3.8, 4) is 5.75 Å². The van der Waals surface area contributed by atoms with Crippen LogP contribution < -0.4 is 9.46 Å². The average molecular weight is 440 g/mol. The predicted octanol–water partition coefficient (Wildman–Crippen LogP) is 3.45. The summed E-state index contributed by atoms with van der Waals surface area (Å²) < 4.78 is 32.9. The summed E-state index contributed by atoms with van der Waals surface area (Å²) in [5.74, 6) is -0.415. The SMILES string of the molecule is COc1ccc(CCc2ccc(S(=O)(=O)N[C@@H](Cc3ccccc3)C(=O)O)cc2)cc1. The van der Waals surface area contributed by atoms with Gasteiger partial charge in [-0.2, -0.15) is 4.72 Å². The van der Waals surface area contributed by atoms with Crippen LogP contribution in [0.4, 0.5) is 0 Å². The van der Waals surface area contributed by atoms with Crippen molar-refractivity contribution in [2.75, 3.05) is 7.11 Å². The maximum Gasteiger partial charge on any atom is 0.322 e. The van der Waals surface area contributed by atoms with Gasteiger partial charge in [0.2, 0.25) is 10.0 Å². The van der Waals surface area contributed by atoms with Gasteiger partial charge in [-0.15, -0.1) is 0 Å². The highest BCUT2D eigenvalue weighted by atomic mass is 32.2. The van der Waals surface area contributed by atoms with Gasteiger partial charge in [-0.05, 0) is 60.2 Å². The van der Waals surface area contributed by atoms with Crippen molar-refractivity contribution in [3.05, 3.63) is 95.6 Å². The summed E-state index contributed by atoms with van der Waals surface area (Å²) in [5.41, 5.74) is 2.89. The van der Waals surface area contributed by atoms with E-state index in [2.05, 4.69) is 4.72 Å². The van der Waals surface area contributed by atoms with E-state index in [9.17, 15) is 18.3 Å². The molecular formula is C24H25NO5S. The number of hydrogen-bond acceptors (Lipinski definition) is 4. The lowest BCUT2D eigenvalue weighted by Crippen LogP contribution is -2.42. The van der Waals surface area contributed by atoms with E-state index in [4.69, 9.17) is 4.74 Å². The fourth-order valence-electron chi connectivity index (χ4n) is 3.20. The normalized spacial score (nSPS) is 12.3. The molecule has 0 saturated heterocycles. The summed E-state index contributed by atoms with van der Waals surface area (Å²) in [5, 5.41) is 9.47. The molecule has 0 saturated carbocycles. The molecule has 162 valence electrons. The van der Waals surface area contributed by atoms with Crippen molar-refractivity contribution in [1.29, 1.82) is 0 Å². The van der Waals surface area contributed by atoms with Crippen molar-refractivity contribution < 1.29 is 23.1 Å². The maximum atomic E-state index is 12.7. The van der Waals surface area contributed by atoms with Crippen LogP contribution in [0.3, 0.4) is 0 Å². The number of rotatable bonds is 10. The summed E-state index contributed by atoms with van der Waals surface area (Å²) in [6.07, 6.45) is 1.63. The van der Waals surface area contributed by atoms with Crippen LogP contribution in [-0.2, 0) is 34.1 Å². The van der Waals surface area contributed by atoms with Crippen LogP contribution in [0.15, 0.2) is 83.8 Å². The summed E-state index contributed by atoms with van der Waals surface area (Å²) in [6, 6.07) is 22.0. The van der Waals surface area contributed by atoms with Crippen molar-refractivity contribution in [2.45, 2.75) is 30.2 Å². The number of aliphatic carboxylic acids is 1. The Morgan fingerprint density at radius 2 is 1.42 bits per heavy atom. The van der Waals surface area contributed by atoms with Crippen molar-refractivity contribution in [3.63, 3.8) is 0 Å². The number of carbonyl (C=O) groups is 1. The number of carboxylic acids is 1. The van der Waals surface area contributed by atoms with Gasteiger partial charge in [-0.25, -0.2) is 8.42 Å². The van der Waals surface area contributed by atoms with Gasteiger partial charge in [0.25, 0.3) is 0 Å². The molecule has 0 spiro atoms. The van der Waals surface area contributed by atoms with Crippen molar-refractivity contribution >= 4 is 16.0 Å². The molecule has 0 aliphatic carbocycles. The van der Waals surface area contributed by atoms with Gasteiger partial charge in [0.15, 0.2) is 0 Å². The Morgan fingerprint density at radius 3 is 1.94 bits per heavy atom. The second-order valence-electron chi connectivity index (χ2n) is 7.19. The minimum atomic E-state index is -3.96. The van der Waals surface area contributed by atoms with E-state index < -0.39 is 22.0 Å². The molecule has 0 fully saturated rings. The molecule has 0 amide bonds. The molecule has 7 heteroatoms. The summed E-state index contributed by atoms with van der Waals surface area (Å²) in [7, 11) is -2.34. The average Bonchev–Trinajstić information content (AvgIpc) is 2.78. The van der Waals surface area contributed by atoms with Crippen LogP contribution in [0.2, 0.25) is 0 Å². The third-order valence-corrected chi connectivity index (χ3v) is 6.46. The van der Waals surface area contributed by atoms with Gasteiger partial charge in [-0.1, -0.05) is 54.6 Å². The molecule has 3 aromatic rings. The molecule has 0 aromatic heterocycles. The summed E-state index contributed by atoms with van der Waals surface area (Å²) in [4.78, 5) is 11.6. The summed E-state index contributed by atoms with van der Waals surface area (Å²) >= 11 is 0. The third-order valence-electron chi connectivity index (χ3n) is 4.97. The minimum Gasteiger partial charge on any atom is -0.497 e. The Morgan fingerprint density at radius 1 is 0.871 bits per heavy atom. The molecule has 3 aromatic carbocycles. The van der Waals surface area contributed by atoms with Crippen LogP contribution in [-0.4, -0.2) is 32.6 Å². The van der Waals surface area contributed by atoms with Gasteiger partial charge < -0.3 is 9.84 Å². The molecule has 31 heavy (non-hydrogen) atoms. The van der Waals surface area contributed by atoms with Crippen LogP contribution in [0.5, 0.6) is 5.75 Å². The molecule has 2 N–H and O–H groups in total. The lowest BCUT2D eigenvalue weighted by Gasteiger charge is -2.15. The molecular weight excluding hydrogens is 414 g/mol. The van der Waals surface area contributed by atoms with Gasteiger partial charge in [0.05, 0.1) is 12.0 Å². The maximum absolute atomic E-state index is 12.7. The zero-order valence-electron chi connectivity index (χ0n) is 17.2. The van der Waals surface area contributed by atoms with E-state index in [1.54, 1.807) is 43.5 Å². The number of sulfonamides is 1. The lowest BCUT2D eigenvalue weighted by atomic mass is 10.0. The van der Waals surface area contributed by atoms with E-state index in [0.29, 0.717) is 0 Å². The molecule has 0 heterocycles. The topological polar surface area (TPSA) is 92.7 Å². The molecule has 0 radical (unpaired) electrons. The van der Waals surface area contributed by atoms with Gasteiger partial charge in [-0.3, -0.25) is 4.79 Å². The Bertz CT molecular complexity index is 1090. The first-order valence-corrected chi connectivity index (χ1v) is 11.4. The predicted molar refractivity (Wildman–Crippen MR) is 119 cm³/mol. The molecule has 6 nitrogen and oxygen atoms in total. The molecule has 1 atom stereocenters. The number of hydrogen-bond donors (Lipinski definition) is 2. The fraction of sp³-hybridized carbons (Fsp3) is 0.208. The van der Waals surface area contributed by atoms with E-state index in [1.807, 2.05) is 30.3 Å². The number of benzene rings is 3. The van der Waals surface area contributed by atoms with Gasteiger partial charge >= 0.3 is 5.97 Å². The number of methoxy groups -OCH3 is 1. The van der Waals surface area contributed by atoms with E-state index in [0.717, 1.165) is 35.3 Å². The van der Waals surface area contributed by atoms with E-state index in [-0.39, 0.29) is 11.3 Å².